The summed E-state index contributed by atoms with van der Waals surface area (Å²) < 4.78 is 27.9. The minimum atomic E-state index is -3.98. The molecule has 3 aromatic rings. The Hall–Kier alpha value is -2.83. The number of nitrogens with zero attached hydrogens (tertiary/aromatic N) is 1. The lowest BCUT2D eigenvalue weighted by Crippen LogP contribution is -2.38. The van der Waals surface area contributed by atoms with Crippen LogP contribution in [0.15, 0.2) is 71.6 Å². The maximum atomic E-state index is 13.4. The van der Waals surface area contributed by atoms with Crippen molar-refractivity contribution in [1.29, 1.82) is 0 Å². The number of sulfonamides is 1. The SMILES string of the molecule is Cc1ccc(NC(=O)CN(c2ccc(C)c(C)c2)S(=O)(=O)c2ccc(Cl)cc2)cc1. The molecule has 0 saturated carbocycles. The number of rotatable bonds is 6. The van der Waals surface area contributed by atoms with Crippen molar-refractivity contribution < 1.29 is 13.2 Å². The molecule has 0 heterocycles. The van der Waals surface area contributed by atoms with E-state index in [1.54, 1.807) is 24.3 Å². The molecule has 0 unspecified atom stereocenters. The molecule has 0 aliphatic heterocycles. The summed E-state index contributed by atoms with van der Waals surface area (Å²) in [6.07, 6.45) is 0. The van der Waals surface area contributed by atoms with Gasteiger partial charge in [0.1, 0.15) is 6.54 Å². The third-order valence-electron chi connectivity index (χ3n) is 4.80. The zero-order chi connectivity index (χ0) is 21.9. The van der Waals surface area contributed by atoms with Crippen LogP contribution in [-0.2, 0) is 14.8 Å². The fourth-order valence-electron chi connectivity index (χ4n) is 2.90. The van der Waals surface area contributed by atoms with Crippen LogP contribution in [0.1, 0.15) is 16.7 Å². The van der Waals surface area contributed by atoms with Crippen LogP contribution < -0.4 is 9.62 Å². The summed E-state index contributed by atoms with van der Waals surface area (Å²) in [6.45, 7) is 5.44. The molecule has 0 radical (unpaired) electrons. The van der Waals surface area contributed by atoms with E-state index in [-0.39, 0.29) is 11.4 Å². The summed E-state index contributed by atoms with van der Waals surface area (Å²) in [5, 5.41) is 3.20. The van der Waals surface area contributed by atoms with E-state index in [4.69, 9.17) is 11.6 Å². The van der Waals surface area contributed by atoms with E-state index in [9.17, 15) is 13.2 Å². The largest absolute Gasteiger partial charge is 0.325 e. The van der Waals surface area contributed by atoms with Gasteiger partial charge < -0.3 is 5.32 Å². The number of anilines is 2. The molecule has 1 N–H and O–H groups in total. The van der Waals surface area contributed by atoms with Gasteiger partial charge in [-0.15, -0.1) is 0 Å². The number of aryl methyl sites for hydroxylation is 3. The van der Waals surface area contributed by atoms with Crippen LogP contribution in [0.5, 0.6) is 0 Å². The quantitative estimate of drug-likeness (QED) is 0.577. The minimum Gasteiger partial charge on any atom is -0.325 e. The molecule has 3 aromatic carbocycles. The lowest BCUT2D eigenvalue weighted by molar-refractivity contribution is -0.114. The maximum absolute atomic E-state index is 13.4. The van der Waals surface area contributed by atoms with Gasteiger partial charge in [0.05, 0.1) is 10.6 Å². The van der Waals surface area contributed by atoms with Crippen LogP contribution in [0.3, 0.4) is 0 Å². The summed E-state index contributed by atoms with van der Waals surface area (Å²) in [7, 11) is -3.98. The van der Waals surface area contributed by atoms with E-state index in [0.717, 1.165) is 21.0 Å². The van der Waals surface area contributed by atoms with Crippen LogP contribution in [0.25, 0.3) is 0 Å². The first kappa shape index (κ1) is 21.9. The zero-order valence-electron chi connectivity index (χ0n) is 17.0. The van der Waals surface area contributed by atoms with Gasteiger partial charge in [-0.25, -0.2) is 8.42 Å². The van der Waals surface area contributed by atoms with Gasteiger partial charge in [-0.2, -0.15) is 0 Å². The van der Waals surface area contributed by atoms with Crippen LogP contribution in [0.2, 0.25) is 5.02 Å². The van der Waals surface area contributed by atoms with Crippen molar-refractivity contribution >= 4 is 38.9 Å². The standard InChI is InChI=1S/C23H23ClN2O3S/c1-16-4-9-20(10-5-16)25-23(27)15-26(21-11-6-17(2)18(3)14-21)30(28,29)22-12-7-19(24)8-13-22/h4-14H,15H2,1-3H3,(H,25,27). The highest BCUT2D eigenvalue weighted by atomic mass is 35.5. The fraction of sp³-hybridized carbons (Fsp3) is 0.174. The van der Waals surface area contributed by atoms with Crippen LogP contribution >= 0.6 is 11.6 Å². The second-order valence-corrected chi connectivity index (χ2v) is 9.45. The van der Waals surface area contributed by atoms with Crippen molar-refractivity contribution in [3.63, 3.8) is 0 Å². The van der Waals surface area contributed by atoms with Gasteiger partial charge >= 0.3 is 0 Å². The van der Waals surface area contributed by atoms with Crippen molar-refractivity contribution in [2.75, 3.05) is 16.2 Å². The van der Waals surface area contributed by atoms with Crippen molar-refractivity contribution in [2.45, 2.75) is 25.7 Å². The molecule has 156 valence electrons. The number of hydrogen-bond acceptors (Lipinski definition) is 3. The zero-order valence-corrected chi connectivity index (χ0v) is 18.6. The Morgan fingerprint density at radius 3 is 2.13 bits per heavy atom. The molecule has 0 aromatic heterocycles. The Morgan fingerprint density at radius 1 is 0.900 bits per heavy atom. The molecule has 0 bridgehead atoms. The van der Waals surface area contributed by atoms with Gasteiger partial charge in [0.15, 0.2) is 0 Å². The third kappa shape index (κ3) is 5.01. The molecule has 1 amide bonds. The average Bonchev–Trinajstić information content (AvgIpc) is 2.70. The van der Waals surface area contributed by atoms with E-state index in [1.165, 1.54) is 24.3 Å². The fourth-order valence-corrected chi connectivity index (χ4v) is 4.44. The Bertz CT molecular complexity index is 1160. The molecule has 3 rings (SSSR count). The molecular weight excluding hydrogens is 420 g/mol. The Balaban J connectivity index is 1.96. The Kier molecular flexibility index (Phi) is 6.48. The molecule has 0 fully saturated rings. The summed E-state index contributed by atoms with van der Waals surface area (Å²) in [4.78, 5) is 12.8. The third-order valence-corrected chi connectivity index (χ3v) is 6.84. The van der Waals surface area contributed by atoms with Crippen LogP contribution in [0, 0.1) is 20.8 Å². The van der Waals surface area contributed by atoms with E-state index in [0.29, 0.717) is 16.4 Å². The normalized spacial score (nSPS) is 11.2. The molecule has 0 spiro atoms. The first-order chi connectivity index (χ1) is 14.2. The highest BCUT2D eigenvalue weighted by Gasteiger charge is 2.27. The van der Waals surface area contributed by atoms with Crippen LogP contribution in [-0.4, -0.2) is 20.9 Å². The molecule has 0 saturated heterocycles. The highest BCUT2D eigenvalue weighted by molar-refractivity contribution is 7.92. The molecule has 0 aliphatic carbocycles. The predicted octanol–water partition coefficient (Wildman–Crippen LogP) is 5.10. The number of benzene rings is 3. The number of hydrogen-bond donors (Lipinski definition) is 1. The predicted molar refractivity (Wildman–Crippen MR) is 122 cm³/mol. The highest BCUT2D eigenvalue weighted by Crippen LogP contribution is 2.26. The summed E-state index contributed by atoms with van der Waals surface area (Å²) in [6, 6.07) is 18.5. The van der Waals surface area contributed by atoms with Gasteiger partial charge in [-0.3, -0.25) is 9.10 Å². The van der Waals surface area contributed by atoms with Crippen molar-refractivity contribution in [3.8, 4) is 0 Å². The number of carbonyl (C=O) groups is 1. The summed E-state index contributed by atoms with van der Waals surface area (Å²) in [5.74, 6) is -0.436. The second kappa shape index (κ2) is 8.90. The first-order valence-electron chi connectivity index (χ1n) is 9.39. The Labute approximate surface area is 182 Å². The smallest absolute Gasteiger partial charge is 0.264 e. The Morgan fingerprint density at radius 2 is 1.53 bits per heavy atom. The maximum Gasteiger partial charge on any atom is 0.264 e. The number of halogens is 1. The molecule has 7 heteroatoms. The number of carbonyl (C=O) groups excluding carboxylic acids is 1. The van der Waals surface area contributed by atoms with Gasteiger partial charge in [-0.1, -0.05) is 35.4 Å². The monoisotopic (exact) mass is 442 g/mol. The van der Waals surface area contributed by atoms with Crippen molar-refractivity contribution in [2.24, 2.45) is 0 Å². The van der Waals surface area contributed by atoms with E-state index < -0.39 is 15.9 Å². The minimum absolute atomic E-state index is 0.0632. The molecular formula is C23H23ClN2O3S. The second-order valence-electron chi connectivity index (χ2n) is 7.15. The van der Waals surface area contributed by atoms with Gasteiger partial charge in [0, 0.05) is 10.7 Å². The van der Waals surface area contributed by atoms with Gasteiger partial charge in [0.2, 0.25) is 5.91 Å². The lowest BCUT2D eigenvalue weighted by Gasteiger charge is -2.25. The van der Waals surface area contributed by atoms with Gasteiger partial charge in [0.25, 0.3) is 10.0 Å². The van der Waals surface area contributed by atoms with Crippen molar-refractivity contribution in [1.82, 2.24) is 0 Å². The number of nitrogens with one attached hydrogen (secondary N) is 1. The van der Waals surface area contributed by atoms with E-state index in [1.807, 2.05) is 39.0 Å². The lowest BCUT2D eigenvalue weighted by atomic mass is 10.1. The summed E-state index contributed by atoms with van der Waals surface area (Å²) in [5.41, 5.74) is 4.06. The topological polar surface area (TPSA) is 66.5 Å². The van der Waals surface area contributed by atoms with Crippen molar-refractivity contribution in [3.05, 3.63) is 88.4 Å². The molecule has 5 nitrogen and oxygen atoms in total. The average molecular weight is 443 g/mol. The number of amides is 1. The van der Waals surface area contributed by atoms with Gasteiger partial charge in [-0.05, 0) is 80.4 Å². The molecule has 30 heavy (non-hydrogen) atoms. The first-order valence-corrected chi connectivity index (χ1v) is 11.2. The van der Waals surface area contributed by atoms with E-state index in [2.05, 4.69) is 5.32 Å². The van der Waals surface area contributed by atoms with Crippen LogP contribution in [0.4, 0.5) is 11.4 Å². The molecule has 0 atom stereocenters. The molecule has 0 aliphatic rings. The summed E-state index contributed by atoms with van der Waals surface area (Å²) >= 11 is 5.91. The van der Waals surface area contributed by atoms with E-state index >= 15 is 0 Å².